The summed E-state index contributed by atoms with van der Waals surface area (Å²) in [6, 6.07) is 0. The first kappa shape index (κ1) is 15.1. The summed E-state index contributed by atoms with van der Waals surface area (Å²) in [6.45, 7) is 6.26. The van der Waals surface area contributed by atoms with Gasteiger partial charge in [-0.3, -0.25) is 0 Å². The van der Waals surface area contributed by atoms with Crippen LogP contribution in [0.1, 0.15) is 24.7 Å². The van der Waals surface area contributed by atoms with Gasteiger partial charge in [-0.25, -0.2) is 9.97 Å². The number of nitrogens with zero attached hydrogens (tertiary/aromatic N) is 2. The summed E-state index contributed by atoms with van der Waals surface area (Å²) in [5, 5.41) is 13.7. The summed E-state index contributed by atoms with van der Waals surface area (Å²) >= 11 is 5.98. The predicted octanol–water partition coefficient (Wildman–Crippen LogP) is 1.95. The minimum atomic E-state index is -0.853. The molecule has 0 radical (unpaired) electrons. The molecule has 0 aliphatic heterocycles. The molecule has 0 saturated heterocycles. The Morgan fingerprint density at radius 2 is 2.06 bits per heavy atom. The zero-order valence-corrected chi connectivity index (χ0v) is 12.0. The van der Waals surface area contributed by atoms with E-state index in [4.69, 9.17) is 16.3 Å². The fourth-order valence-corrected chi connectivity index (χ4v) is 1.66. The molecule has 18 heavy (non-hydrogen) atoms. The molecule has 0 aromatic carbocycles. The van der Waals surface area contributed by atoms with Crippen LogP contribution in [0.5, 0.6) is 0 Å². The van der Waals surface area contributed by atoms with Gasteiger partial charge in [0.25, 0.3) is 0 Å². The molecule has 1 rings (SSSR count). The van der Waals surface area contributed by atoms with E-state index in [0.717, 1.165) is 5.56 Å². The van der Waals surface area contributed by atoms with E-state index in [1.807, 2.05) is 6.92 Å². The average molecular weight is 274 g/mol. The maximum atomic E-state index is 10.1. The zero-order chi connectivity index (χ0) is 13.8. The molecule has 1 unspecified atom stereocenters. The third-order valence-electron chi connectivity index (χ3n) is 2.68. The normalized spacial score (nSPS) is 14.3. The van der Waals surface area contributed by atoms with Crippen LogP contribution in [-0.4, -0.2) is 40.9 Å². The van der Waals surface area contributed by atoms with Crippen molar-refractivity contribution in [2.45, 2.75) is 32.8 Å². The standard InChI is InChI=1S/C12H20ClN3O2/c1-8-10(13)15-9(2)16-11(8)14-7-12(3,17)5-6-18-4/h17H,5-7H2,1-4H3,(H,14,15,16). The fourth-order valence-electron chi connectivity index (χ4n) is 1.45. The molecule has 1 heterocycles. The maximum absolute atomic E-state index is 10.1. The summed E-state index contributed by atoms with van der Waals surface area (Å²) in [6.07, 6.45) is 0.549. The Balaban J connectivity index is 2.68. The van der Waals surface area contributed by atoms with Crippen molar-refractivity contribution in [2.75, 3.05) is 25.6 Å². The van der Waals surface area contributed by atoms with Gasteiger partial charge in [-0.1, -0.05) is 11.6 Å². The molecule has 0 spiro atoms. The number of anilines is 1. The summed E-state index contributed by atoms with van der Waals surface area (Å²) in [5.41, 5.74) is -0.0712. The third-order valence-corrected chi connectivity index (χ3v) is 3.05. The number of ether oxygens (including phenoxy) is 1. The average Bonchev–Trinajstić information content (AvgIpc) is 2.29. The van der Waals surface area contributed by atoms with Gasteiger partial charge >= 0.3 is 0 Å². The van der Waals surface area contributed by atoms with E-state index < -0.39 is 5.60 Å². The summed E-state index contributed by atoms with van der Waals surface area (Å²) in [7, 11) is 1.61. The Morgan fingerprint density at radius 1 is 1.39 bits per heavy atom. The second kappa shape index (κ2) is 6.31. The minimum Gasteiger partial charge on any atom is -0.388 e. The number of halogens is 1. The highest BCUT2D eigenvalue weighted by Gasteiger charge is 2.20. The fraction of sp³-hybridized carbons (Fsp3) is 0.667. The van der Waals surface area contributed by atoms with E-state index in [2.05, 4.69) is 15.3 Å². The monoisotopic (exact) mass is 273 g/mol. The summed E-state index contributed by atoms with van der Waals surface area (Å²) in [5.74, 6) is 1.26. The topological polar surface area (TPSA) is 67.3 Å². The van der Waals surface area contributed by atoms with E-state index in [1.54, 1.807) is 21.0 Å². The van der Waals surface area contributed by atoms with Gasteiger partial charge < -0.3 is 15.2 Å². The van der Waals surface area contributed by atoms with E-state index in [0.29, 0.717) is 36.4 Å². The molecule has 1 atom stereocenters. The molecule has 0 saturated carbocycles. The first-order chi connectivity index (χ1) is 8.35. The molecule has 1 aromatic rings. The lowest BCUT2D eigenvalue weighted by Crippen LogP contribution is -2.35. The SMILES string of the molecule is COCCC(C)(O)CNc1nc(C)nc(Cl)c1C. The lowest BCUT2D eigenvalue weighted by atomic mass is 10.0. The highest BCUT2D eigenvalue weighted by molar-refractivity contribution is 6.30. The molecule has 0 aliphatic rings. The van der Waals surface area contributed by atoms with Crippen LogP contribution >= 0.6 is 11.6 Å². The van der Waals surface area contributed by atoms with Crippen LogP contribution < -0.4 is 5.32 Å². The zero-order valence-electron chi connectivity index (χ0n) is 11.2. The number of rotatable bonds is 6. The van der Waals surface area contributed by atoms with Crippen LogP contribution in [0, 0.1) is 13.8 Å². The Bertz CT molecular complexity index is 411. The van der Waals surface area contributed by atoms with Gasteiger partial charge in [-0.2, -0.15) is 0 Å². The van der Waals surface area contributed by atoms with Crippen LogP contribution in [0.4, 0.5) is 5.82 Å². The van der Waals surface area contributed by atoms with Crippen molar-refractivity contribution in [2.24, 2.45) is 0 Å². The number of hydrogen-bond donors (Lipinski definition) is 2. The third kappa shape index (κ3) is 4.40. The highest BCUT2D eigenvalue weighted by atomic mass is 35.5. The quantitative estimate of drug-likeness (QED) is 0.776. The van der Waals surface area contributed by atoms with Crippen molar-refractivity contribution >= 4 is 17.4 Å². The molecule has 0 bridgehead atoms. The van der Waals surface area contributed by atoms with Gasteiger partial charge in [0, 0.05) is 32.2 Å². The van der Waals surface area contributed by atoms with Crippen molar-refractivity contribution < 1.29 is 9.84 Å². The Kier molecular flexibility index (Phi) is 5.31. The molecular weight excluding hydrogens is 254 g/mol. The van der Waals surface area contributed by atoms with E-state index in [1.165, 1.54) is 0 Å². The summed E-state index contributed by atoms with van der Waals surface area (Å²) < 4.78 is 4.96. The van der Waals surface area contributed by atoms with Crippen LogP contribution in [0.3, 0.4) is 0 Å². The van der Waals surface area contributed by atoms with Gasteiger partial charge in [-0.15, -0.1) is 0 Å². The number of methoxy groups -OCH3 is 1. The molecule has 1 aromatic heterocycles. The van der Waals surface area contributed by atoms with Gasteiger partial charge in [0.05, 0.1) is 5.60 Å². The molecule has 102 valence electrons. The second-order valence-corrected chi connectivity index (χ2v) is 4.99. The molecule has 0 aliphatic carbocycles. The lowest BCUT2D eigenvalue weighted by molar-refractivity contribution is 0.0357. The number of aromatic nitrogens is 2. The molecule has 0 amide bonds. The molecule has 2 N–H and O–H groups in total. The maximum Gasteiger partial charge on any atom is 0.137 e. The molecular formula is C12H20ClN3O2. The predicted molar refractivity (Wildman–Crippen MR) is 72.1 cm³/mol. The van der Waals surface area contributed by atoms with Crippen molar-refractivity contribution in [3.8, 4) is 0 Å². The number of aryl methyl sites for hydroxylation is 1. The number of hydrogen-bond acceptors (Lipinski definition) is 5. The van der Waals surface area contributed by atoms with Crippen LogP contribution in [0.2, 0.25) is 5.15 Å². The Hall–Kier alpha value is -0.910. The van der Waals surface area contributed by atoms with E-state index >= 15 is 0 Å². The van der Waals surface area contributed by atoms with Gasteiger partial charge in [-0.05, 0) is 20.8 Å². The van der Waals surface area contributed by atoms with Crippen LogP contribution in [-0.2, 0) is 4.74 Å². The highest BCUT2D eigenvalue weighted by Crippen LogP contribution is 2.20. The van der Waals surface area contributed by atoms with Crippen LogP contribution in [0.25, 0.3) is 0 Å². The van der Waals surface area contributed by atoms with Gasteiger partial charge in [0.1, 0.15) is 16.8 Å². The first-order valence-corrected chi connectivity index (χ1v) is 6.19. The van der Waals surface area contributed by atoms with Crippen molar-refractivity contribution in [3.05, 3.63) is 16.5 Å². The molecule has 5 nitrogen and oxygen atoms in total. The lowest BCUT2D eigenvalue weighted by Gasteiger charge is -2.24. The number of nitrogens with one attached hydrogen (secondary N) is 1. The van der Waals surface area contributed by atoms with E-state index in [-0.39, 0.29) is 0 Å². The van der Waals surface area contributed by atoms with Gasteiger partial charge in [0.15, 0.2) is 0 Å². The Morgan fingerprint density at radius 3 is 2.67 bits per heavy atom. The van der Waals surface area contributed by atoms with Crippen molar-refractivity contribution in [1.29, 1.82) is 0 Å². The Labute approximate surface area is 113 Å². The molecule has 6 heteroatoms. The number of aliphatic hydroxyl groups is 1. The van der Waals surface area contributed by atoms with E-state index in [9.17, 15) is 5.11 Å². The molecule has 0 fully saturated rings. The smallest absolute Gasteiger partial charge is 0.137 e. The minimum absolute atomic E-state index is 0.379. The van der Waals surface area contributed by atoms with Crippen molar-refractivity contribution in [1.82, 2.24) is 9.97 Å². The second-order valence-electron chi connectivity index (χ2n) is 4.63. The summed E-state index contributed by atoms with van der Waals surface area (Å²) in [4.78, 5) is 8.33. The van der Waals surface area contributed by atoms with Crippen LogP contribution in [0.15, 0.2) is 0 Å². The van der Waals surface area contributed by atoms with Crippen molar-refractivity contribution in [3.63, 3.8) is 0 Å². The van der Waals surface area contributed by atoms with Gasteiger partial charge in [0.2, 0.25) is 0 Å². The largest absolute Gasteiger partial charge is 0.388 e. The first-order valence-electron chi connectivity index (χ1n) is 5.81.